The number of aliphatic imine (C=N–C) groups is 2. The molecule has 0 spiro atoms. The van der Waals surface area contributed by atoms with Crippen LogP contribution in [0.15, 0.2) is 164 Å². The Bertz CT molecular complexity index is 2260. The molecule has 0 radical (unpaired) electrons. The number of nitrogens with zero attached hydrogens (tertiary/aromatic N) is 3. The lowest BCUT2D eigenvalue weighted by molar-refractivity contribution is 0.665. The third-order valence-corrected chi connectivity index (χ3v) is 9.84. The fraction of sp³-hybridized carbons (Fsp3) is 0.205. The average Bonchev–Trinajstić information content (AvgIpc) is 3.56. The molecule has 8 rings (SSSR count). The van der Waals surface area contributed by atoms with E-state index >= 15 is 0 Å². The number of pyridine rings is 1. The molecule has 0 amide bonds. The van der Waals surface area contributed by atoms with Crippen molar-refractivity contribution in [1.82, 2.24) is 4.98 Å². The minimum absolute atomic E-state index is 0.376. The molecule has 2 aromatic carbocycles. The minimum Gasteiger partial charge on any atom is -0.454 e. The van der Waals surface area contributed by atoms with Crippen LogP contribution in [0.2, 0.25) is 0 Å². The zero-order chi connectivity index (χ0) is 32.3. The van der Waals surface area contributed by atoms with Gasteiger partial charge in [0.15, 0.2) is 5.58 Å². The van der Waals surface area contributed by atoms with Gasteiger partial charge < -0.3 is 4.42 Å². The Morgan fingerprint density at radius 1 is 0.854 bits per heavy atom. The first kappa shape index (κ1) is 30.0. The summed E-state index contributed by atoms with van der Waals surface area (Å²) in [7, 11) is 0. The van der Waals surface area contributed by atoms with Gasteiger partial charge in [-0.05, 0) is 104 Å². The second-order valence-electron chi connectivity index (χ2n) is 12.9. The SMILES string of the molecule is C=N/C(=C\C(=NCC1C=CC=CC1)C1=CCCC(c2nc3ccccc3c3c2oc2ccccc23)=C1)C1=CC=C(C2=CC=CCC2)CC1. The molecule has 4 aliphatic carbocycles. The number of hydrogen-bond donors (Lipinski definition) is 0. The summed E-state index contributed by atoms with van der Waals surface area (Å²) in [6, 6.07) is 16.7. The van der Waals surface area contributed by atoms with E-state index in [2.05, 4.69) is 121 Å². The zero-order valence-corrected chi connectivity index (χ0v) is 27.2. The molecule has 2 aromatic heterocycles. The first-order valence-corrected chi connectivity index (χ1v) is 17.2. The van der Waals surface area contributed by atoms with Crippen molar-refractivity contribution in [2.24, 2.45) is 15.9 Å². The molecule has 0 aliphatic heterocycles. The molecule has 0 bridgehead atoms. The normalized spacial score (nSPS) is 20.1. The van der Waals surface area contributed by atoms with Crippen LogP contribution in [0, 0.1) is 5.92 Å². The van der Waals surface area contributed by atoms with Gasteiger partial charge in [-0.3, -0.25) is 9.98 Å². The molecule has 0 saturated carbocycles. The van der Waals surface area contributed by atoms with E-state index in [0.717, 1.165) is 106 Å². The fourth-order valence-electron chi connectivity index (χ4n) is 7.28. The fourth-order valence-corrected chi connectivity index (χ4v) is 7.28. The summed E-state index contributed by atoms with van der Waals surface area (Å²) in [4.78, 5) is 15.0. The van der Waals surface area contributed by atoms with Crippen molar-refractivity contribution in [3.63, 3.8) is 0 Å². The highest BCUT2D eigenvalue weighted by Crippen LogP contribution is 2.40. The maximum Gasteiger partial charge on any atom is 0.161 e. The van der Waals surface area contributed by atoms with Crippen LogP contribution in [0.5, 0.6) is 0 Å². The number of furan rings is 1. The molecule has 1 unspecified atom stereocenters. The molecule has 2 heterocycles. The molecule has 0 saturated heterocycles. The van der Waals surface area contributed by atoms with Gasteiger partial charge in [0.05, 0.1) is 16.9 Å². The minimum atomic E-state index is 0.376. The molecule has 0 fully saturated rings. The van der Waals surface area contributed by atoms with Crippen LogP contribution in [-0.4, -0.2) is 24.0 Å². The highest BCUT2D eigenvalue weighted by Gasteiger charge is 2.22. The summed E-state index contributed by atoms with van der Waals surface area (Å²) in [5, 5.41) is 3.36. The Hall–Kier alpha value is -5.35. The standard InChI is InChI=1S/C44H39N3O/c1-45-39(33-25-23-32(24-26-33)31-15-6-3-7-16-31)28-40(46-29-30-13-4-2-5-14-30)34-17-12-18-35(27-34)43-44-42(36-19-8-10-21-38(36)47-43)37-20-9-11-22-41(37)48-44/h2-6,8-11,13,15,17,19-23,25,27-28,30H,1,7,12,14,16,18,24,26,29H2/b39-28-,46-40?. The van der Waals surface area contributed by atoms with Crippen molar-refractivity contribution >= 4 is 50.8 Å². The van der Waals surface area contributed by atoms with Crippen LogP contribution in [-0.2, 0) is 0 Å². The topological polar surface area (TPSA) is 50.8 Å². The van der Waals surface area contributed by atoms with Gasteiger partial charge in [0, 0.05) is 28.6 Å². The quantitative estimate of drug-likeness (QED) is 0.183. The molecular weight excluding hydrogens is 587 g/mol. The molecule has 4 aromatic rings. The van der Waals surface area contributed by atoms with E-state index in [1.54, 1.807) is 0 Å². The number of allylic oxidation sites excluding steroid dienone is 16. The average molecular weight is 626 g/mol. The molecule has 1 atom stereocenters. The van der Waals surface area contributed by atoms with Gasteiger partial charge >= 0.3 is 0 Å². The number of rotatable bonds is 8. The van der Waals surface area contributed by atoms with E-state index in [9.17, 15) is 0 Å². The lowest BCUT2D eigenvalue weighted by atomic mass is 9.87. The summed E-state index contributed by atoms with van der Waals surface area (Å²) in [5.41, 5.74) is 11.8. The van der Waals surface area contributed by atoms with Crippen LogP contribution in [0.1, 0.15) is 50.6 Å². The Labute approximate surface area is 282 Å². The van der Waals surface area contributed by atoms with Crippen LogP contribution in [0.4, 0.5) is 0 Å². The van der Waals surface area contributed by atoms with Crippen molar-refractivity contribution in [2.45, 2.75) is 44.9 Å². The summed E-state index contributed by atoms with van der Waals surface area (Å²) in [6.45, 7) is 4.72. The predicted molar refractivity (Wildman–Crippen MR) is 202 cm³/mol. The Kier molecular flexibility index (Phi) is 8.38. The van der Waals surface area contributed by atoms with Crippen LogP contribution in [0.3, 0.4) is 0 Å². The van der Waals surface area contributed by atoms with Gasteiger partial charge in [-0.1, -0.05) is 97.2 Å². The second-order valence-corrected chi connectivity index (χ2v) is 12.9. The molecule has 48 heavy (non-hydrogen) atoms. The Morgan fingerprint density at radius 2 is 1.71 bits per heavy atom. The smallest absolute Gasteiger partial charge is 0.161 e. The monoisotopic (exact) mass is 625 g/mol. The third-order valence-electron chi connectivity index (χ3n) is 9.84. The lowest BCUT2D eigenvalue weighted by Crippen LogP contribution is -2.09. The molecule has 4 aliphatic rings. The van der Waals surface area contributed by atoms with Gasteiger partial charge in [0.2, 0.25) is 0 Å². The van der Waals surface area contributed by atoms with Crippen molar-refractivity contribution in [3.8, 4) is 0 Å². The molecular formula is C44H39N3O. The summed E-state index contributed by atoms with van der Waals surface area (Å²) < 4.78 is 6.56. The number of para-hydroxylation sites is 2. The molecule has 0 N–H and O–H groups in total. The highest BCUT2D eigenvalue weighted by atomic mass is 16.3. The largest absolute Gasteiger partial charge is 0.454 e. The first-order chi connectivity index (χ1) is 23.7. The van der Waals surface area contributed by atoms with E-state index in [4.69, 9.17) is 14.4 Å². The maximum atomic E-state index is 6.56. The van der Waals surface area contributed by atoms with Gasteiger partial charge in [-0.25, -0.2) is 4.98 Å². The number of hydrogen-bond acceptors (Lipinski definition) is 4. The summed E-state index contributed by atoms with van der Waals surface area (Å²) >= 11 is 0. The number of fused-ring (bicyclic) bond motifs is 5. The molecule has 236 valence electrons. The van der Waals surface area contributed by atoms with E-state index < -0.39 is 0 Å². The van der Waals surface area contributed by atoms with Crippen molar-refractivity contribution < 1.29 is 4.42 Å². The Morgan fingerprint density at radius 3 is 2.52 bits per heavy atom. The number of benzene rings is 2. The van der Waals surface area contributed by atoms with E-state index in [-0.39, 0.29) is 0 Å². The maximum absolute atomic E-state index is 6.56. The van der Waals surface area contributed by atoms with E-state index in [1.165, 1.54) is 16.7 Å². The van der Waals surface area contributed by atoms with E-state index in [0.29, 0.717) is 12.5 Å². The highest BCUT2D eigenvalue weighted by molar-refractivity contribution is 6.20. The van der Waals surface area contributed by atoms with Crippen LogP contribution in [0.25, 0.3) is 38.4 Å². The first-order valence-electron chi connectivity index (χ1n) is 17.2. The summed E-state index contributed by atoms with van der Waals surface area (Å²) in [6.07, 6.45) is 33.6. The van der Waals surface area contributed by atoms with Crippen molar-refractivity contribution in [2.75, 3.05) is 6.54 Å². The summed E-state index contributed by atoms with van der Waals surface area (Å²) in [5.74, 6) is 0.376. The lowest BCUT2D eigenvalue weighted by Gasteiger charge is -2.19. The van der Waals surface area contributed by atoms with Crippen molar-refractivity contribution in [3.05, 3.63) is 155 Å². The van der Waals surface area contributed by atoms with E-state index in [1.807, 2.05) is 12.1 Å². The van der Waals surface area contributed by atoms with Gasteiger partial charge in [-0.2, -0.15) is 0 Å². The predicted octanol–water partition coefficient (Wildman–Crippen LogP) is 11.3. The molecule has 4 nitrogen and oxygen atoms in total. The van der Waals surface area contributed by atoms with Crippen molar-refractivity contribution in [1.29, 1.82) is 0 Å². The molecule has 4 heteroatoms. The van der Waals surface area contributed by atoms with Crippen LogP contribution >= 0.6 is 0 Å². The van der Waals surface area contributed by atoms with Gasteiger partial charge in [0.25, 0.3) is 0 Å². The zero-order valence-electron chi connectivity index (χ0n) is 27.2. The van der Waals surface area contributed by atoms with Gasteiger partial charge in [-0.15, -0.1) is 0 Å². The second kappa shape index (κ2) is 13.4. The van der Waals surface area contributed by atoms with Gasteiger partial charge in [0.1, 0.15) is 11.3 Å². The number of aromatic nitrogens is 1. The third kappa shape index (κ3) is 5.95. The van der Waals surface area contributed by atoms with Crippen LogP contribution < -0.4 is 0 Å². The Balaban J connectivity index is 1.20.